The fraction of sp³-hybridized carbons (Fsp3) is 0.429. The van der Waals surface area contributed by atoms with E-state index in [9.17, 15) is 14.7 Å². The lowest BCUT2D eigenvalue weighted by Crippen LogP contribution is -2.49. The minimum Gasteiger partial charge on any atom is -0.479 e. The predicted octanol–water partition coefficient (Wildman–Crippen LogP) is 1.85. The van der Waals surface area contributed by atoms with E-state index in [1.807, 2.05) is 5.38 Å². The van der Waals surface area contributed by atoms with Gasteiger partial charge in [0.05, 0.1) is 0 Å². The van der Waals surface area contributed by atoms with Gasteiger partial charge in [0, 0.05) is 23.9 Å². The van der Waals surface area contributed by atoms with Crippen molar-refractivity contribution in [2.45, 2.75) is 31.8 Å². The van der Waals surface area contributed by atoms with Crippen molar-refractivity contribution in [1.82, 2.24) is 10.2 Å². The molecule has 2 N–H and O–H groups in total. The average molecular weight is 292 g/mol. The Hall–Kier alpha value is -2.00. The maximum atomic E-state index is 12.2. The molecule has 1 aliphatic rings. The molecule has 2 unspecified atom stereocenters. The number of hydrogen-bond acceptors (Lipinski definition) is 3. The van der Waals surface area contributed by atoms with Gasteiger partial charge < -0.3 is 15.3 Å². The van der Waals surface area contributed by atoms with E-state index in [1.54, 1.807) is 13.0 Å². The molecule has 0 fully saturated rings. The molecule has 2 atom stereocenters. The van der Waals surface area contributed by atoms with Crippen LogP contribution in [0.5, 0.6) is 0 Å². The molecule has 1 aromatic heterocycles. The summed E-state index contributed by atoms with van der Waals surface area (Å²) in [6.07, 6.45) is 6.31. The van der Waals surface area contributed by atoms with E-state index < -0.39 is 12.0 Å². The van der Waals surface area contributed by atoms with Gasteiger partial charge in [-0.1, -0.05) is 0 Å². The first-order valence-corrected chi connectivity index (χ1v) is 7.22. The topological polar surface area (TPSA) is 69.6 Å². The number of carbonyl (C=O) groups excluding carboxylic acids is 1. The van der Waals surface area contributed by atoms with Crippen LogP contribution in [0.3, 0.4) is 0 Å². The smallest absolute Gasteiger partial charge is 0.331 e. The van der Waals surface area contributed by atoms with Crippen LogP contribution in [0.15, 0.2) is 11.4 Å². The molecule has 2 heterocycles. The summed E-state index contributed by atoms with van der Waals surface area (Å²) < 4.78 is 0. The molecule has 0 aromatic carbocycles. The zero-order valence-corrected chi connectivity index (χ0v) is 11.9. The van der Waals surface area contributed by atoms with Gasteiger partial charge in [-0.2, -0.15) is 0 Å². The number of nitrogens with zero attached hydrogens (tertiary/aromatic N) is 1. The van der Waals surface area contributed by atoms with E-state index in [2.05, 4.69) is 11.2 Å². The van der Waals surface area contributed by atoms with Crippen LogP contribution in [0.4, 0.5) is 4.79 Å². The number of aliphatic carboxylic acids is 1. The lowest BCUT2D eigenvalue weighted by Gasteiger charge is -2.33. The number of amides is 2. The molecule has 0 saturated carbocycles. The number of carboxylic acid groups (broad SMARTS) is 1. The summed E-state index contributed by atoms with van der Waals surface area (Å²) in [5.74, 6) is 1.46. The van der Waals surface area contributed by atoms with Gasteiger partial charge in [-0.25, -0.2) is 9.59 Å². The fourth-order valence-electron chi connectivity index (χ4n) is 2.32. The molecular formula is C14H16N2O3S. The Bertz CT molecular complexity index is 561. The van der Waals surface area contributed by atoms with Crippen LogP contribution in [0.1, 0.15) is 29.8 Å². The van der Waals surface area contributed by atoms with Crippen LogP contribution in [0.25, 0.3) is 0 Å². The first kappa shape index (κ1) is 14.4. The molecule has 2 amide bonds. The van der Waals surface area contributed by atoms with Crippen molar-refractivity contribution in [2.24, 2.45) is 0 Å². The van der Waals surface area contributed by atoms with Gasteiger partial charge in [0.25, 0.3) is 0 Å². The number of rotatable bonds is 3. The Kier molecular flexibility index (Phi) is 4.30. The summed E-state index contributed by atoms with van der Waals surface area (Å²) in [5, 5.41) is 14.0. The molecule has 106 valence electrons. The largest absolute Gasteiger partial charge is 0.479 e. The van der Waals surface area contributed by atoms with E-state index in [4.69, 9.17) is 6.42 Å². The Balaban J connectivity index is 2.18. The quantitative estimate of drug-likeness (QED) is 0.835. The van der Waals surface area contributed by atoms with E-state index in [0.717, 1.165) is 4.88 Å². The molecule has 0 spiro atoms. The van der Waals surface area contributed by atoms with Crippen LogP contribution in [-0.2, 0) is 11.2 Å². The highest BCUT2D eigenvalue weighted by Crippen LogP contribution is 2.33. The number of hydrogen-bond donors (Lipinski definition) is 2. The lowest BCUT2D eigenvalue weighted by molar-refractivity contribution is -0.142. The molecule has 0 radical (unpaired) electrons. The van der Waals surface area contributed by atoms with Gasteiger partial charge in [0.1, 0.15) is 0 Å². The molecule has 2 rings (SSSR count). The summed E-state index contributed by atoms with van der Waals surface area (Å²) in [7, 11) is 0. The van der Waals surface area contributed by atoms with E-state index >= 15 is 0 Å². The molecule has 1 aliphatic heterocycles. The second kappa shape index (κ2) is 5.97. The number of urea groups is 1. The molecule has 5 nitrogen and oxygen atoms in total. The van der Waals surface area contributed by atoms with Gasteiger partial charge in [0.2, 0.25) is 0 Å². The Morgan fingerprint density at radius 3 is 3.10 bits per heavy atom. The summed E-state index contributed by atoms with van der Waals surface area (Å²) in [4.78, 5) is 26.1. The van der Waals surface area contributed by atoms with E-state index in [1.165, 1.54) is 16.2 Å². The van der Waals surface area contributed by atoms with Crippen LogP contribution in [0.2, 0.25) is 0 Å². The number of terminal acetylenes is 1. The van der Waals surface area contributed by atoms with Crippen molar-refractivity contribution in [3.05, 3.63) is 21.9 Å². The first-order valence-electron chi connectivity index (χ1n) is 6.34. The fourth-order valence-corrected chi connectivity index (χ4v) is 3.23. The lowest BCUT2D eigenvalue weighted by atomic mass is 10.0. The van der Waals surface area contributed by atoms with Crippen LogP contribution in [-0.4, -0.2) is 34.6 Å². The van der Waals surface area contributed by atoms with Crippen molar-refractivity contribution in [3.63, 3.8) is 0 Å². The summed E-state index contributed by atoms with van der Waals surface area (Å²) in [5.41, 5.74) is 0.716. The number of carboxylic acids is 1. The summed E-state index contributed by atoms with van der Waals surface area (Å²) >= 11 is 1.53. The second-order valence-electron chi connectivity index (χ2n) is 4.74. The van der Waals surface area contributed by atoms with Crippen LogP contribution >= 0.6 is 11.3 Å². The normalized spacial score (nSPS) is 18.8. The zero-order valence-electron chi connectivity index (χ0n) is 11.1. The van der Waals surface area contributed by atoms with Crippen molar-refractivity contribution < 1.29 is 14.7 Å². The number of nitrogens with one attached hydrogen (secondary N) is 1. The first-order chi connectivity index (χ1) is 9.54. The molecular weight excluding hydrogens is 276 g/mol. The molecule has 20 heavy (non-hydrogen) atoms. The summed E-state index contributed by atoms with van der Waals surface area (Å²) in [6, 6.07) is 0.314. The van der Waals surface area contributed by atoms with Crippen molar-refractivity contribution >= 4 is 23.3 Å². The number of fused-ring (bicyclic) bond motifs is 1. The molecule has 1 aromatic rings. The second-order valence-corrected chi connectivity index (χ2v) is 5.74. The molecule has 0 saturated heterocycles. The number of thiophene rings is 1. The van der Waals surface area contributed by atoms with Crippen molar-refractivity contribution in [3.8, 4) is 12.3 Å². The predicted molar refractivity (Wildman–Crippen MR) is 76.5 cm³/mol. The monoisotopic (exact) mass is 292 g/mol. The minimum absolute atomic E-state index is 0.175. The van der Waals surface area contributed by atoms with E-state index in [-0.39, 0.29) is 12.1 Å². The third-order valence-electron chi connectivity index (χ3n) is 3.25. The molecule has 0 bridgehead atoms. The van der Waals surface area contributed by atoms with Gasteiger partial charge >= 0.3 is 12.0 Å². The van der Waals surface area contributed by atoms with Gasteiger partial charge in [-0.15, -0.1) is 23.7 Å². The van der Waals surface area contributed by atoms with Crippen molar-refractivity contribution in [1.29, 1.82) is 0 Å². The standard InChI is InChI=1S/C14H16N2O3S/c1-3-4-9(2)15-14(19)16-7-5-11-10(6-8-20-11)12(16)13(17)18/h1,6,8-9,12H,4-5,7H2,2H3,(H,15,19)(H,17,18). The third-order valence-corrected chi connectivity index (χ3v) is 4.25. The Morgan fingerprint density at radius 2 is 2.45 bits per heavy atom. The number of carbonyl (C=O) groups is 2. The summed E-state index contributed by atoms with van der Waals surface area (Å²) in [6.45, 7) is 2.20. The van der Waals surface area contributed by atoms with E-state index in [0.29, 0.717) is 24.9 Å². The molecule has 0 aliphatic carbocycles. The maximum absolute atomic E-state index is 12.2. The van der Waals surface area contributed by atoms with Crippen LogP contribution in [0, 0.1) is 12.3 Å². The van der Waals surface area contributed by atoms with Crippen LogP contribution < -0.4 is 5.32 Å². The highest BCUT2D eigenvalue weighted by molar-refractivity contribution is 7.10. The zero-order chi connectivity index (χ0) is 14.7. The Morgan fingerprint density at radius 1 is 1.70 bits per heavy atom. The SMILES string of the molecule is C#CCC(C)NC(=O)N1CCc2sccc2C1C(=O)O. The Labute approximate surface area is 121 Å². The van der Waals surface area contributed by atoms with Gasteiger partial charge in [-0.3, -0.25) is 0 Å². The van der Waals surface area contributed by atoms with Gasteiger partial charge in [0.15, 0.2) is 6.04 Å². The third kappa shape index (κ3) is 2.78. The average Bonchev–Trinajstić information content (AvgIpc) is 2.85. The van der Waals surface area contributed by atoms with Crippen molar-refractivity contribution in [2.75, 3.05) is 6.54 Å². The minimum atomic E-state index is -1.01. The highest BCUT2D eigenvalue weighted by atomic mass is 32.1. The van der Waals surface area contributed by atoms with Gasteiger partial charge in [-0.05, 0) is 30.4 Å². The highest BCUT2D eigenvalue weighted by Gasteiger charge is 2.36. The molecule has 6 heteroatoms. The maximum Gasteiger partial charge on any atom is 0.331 e.